The average Bonchev–Trinajstić information content (AvgIpc) is 3.07. The Morgan fingerprint density at radius 3 is 2.41 bits per heavy atom. The molecule has 32 heavy (non-hydrogen) atoms. The zero-order chi connectivity index (χ0) is 23.3. The standard InChI is InChI=1S/C25H36N4O2Si/c1-7-8-24(30)26-25-22-14-11-20(19-9-12-21(13-10-19)28(2)3)17-23(22)29(27-25)18-31-15-16-32(4,5)6/h9-14,17H,7-8,15-16,18H2,1-6H3,(H,26,27,30). The molecule has 7 heteroatoms. The van der Waals surface area contributed by atoms with Gasteiger partial charge in [-0.15, -0.1) is 0 Å². The van der Waals surface area contributed by atoms with Gasteiger partial charge < -0.3 is 15.0 Å². The molecule has 0 aliphatic carbocycles. The Hall–Kier alpha value is -2.64. The normalized spacial score (nSPS) is 11.7. The zero-order valence-electron chi connectivity index (χ0n) is 20.2. The van der Waals surface area contributed by atoms with E-state index in [1.54, 1.807) is 0 Å². The van der Waals surface area contributed by atoms with Gasteiger partial charge in [0.25, 0.3) is 0 Å². The smallest absolute Gasteiger partial charge is 0.225 e. The van der Waals surface area contributed by atoms with E-state index in [2.05, 4.69) is 71.4 Å². The first-order valence-corrected chi connectivity index (χ1v) is 15.0. The number of anilines is 2. The van der Waals surface area contributed by atoms with Gasteiger partial charge in [-0.2, -0.15) is 5.10 Å². The molecule has 0 bridgehead atoms. The number of amides is 1. The van der Waals surface area contributed by atoms with Crippen LogP contribution in [0, 0.1) is 0 Å². The number of nitrogens with one attached hydrogen (secondary N) is 1. The van der Waals surface area contributed by atoms with Crippen molar-refractivity contribution in [3.8, 4) is 11.1 Å². The molecule has 1 amide bonds. The molecule has 0 saturated carbocycles. The summed E-state index contributed by atoms with van der Waals surface area (Å²) < 4.78 is 7.83. The summed E-state index contributed by atoms with van der Waals surface area (Å²) in [7, 11) is 2.92. The lowest BCUT2D eigenvalue weighted by molar-refractivity contribution is -0.116. The molecule has 0 fully saturated rings. The highest BCUT2D eigenvalue weighted by atomic mass is 28.3. The van der Waals surface area contributed by atoms with Crippen molar-refractivity contribution < 1.29 is 9.53 Å². The van der Waals surface area contributed by atoms with Gasteiger partial charge in [-0.3, -0.25) is 4.79 Å². The van der Waals surface area contributed by atoms with E-state index in [4.69, 9.17) is 4.74 Å². The quantitative estimate of drug-likeness (QED) is 0.311. The van der Waals surface area contributed by atoms with Gasteiger partial charge in [-0.05, 0) is 47.9 Å². The van der Waals surface area contributed by atoms with Crippen LogP contribution in [0.3, 0.4) is 0 Å². The Labute approximate surface area is 192 Å². The first-order valence-electron chi connectivity index (χ1n) is 11.3. The van der Waals surface area contributed by atoms with E-state index in [0.29, 0.717) is 19.0 Å². The van der Waals surface area contributed by atoms with E-state index in [0.717, 1.165) is 46.8 Å². The highest BCUT2D eigenvalue weighted by molar-refractivity contribution is 6.76. The van der Waals surface area contributed by atoms with Crippen LogP contribution in [0.5, 0.6) is 0 Å². The number of hydrogen-bond acceptors (Lipinski definition) is 4. The van der Waals surface area contributed by atoms with Crippen molar-refractivity contribution in [3.05, 3.63) is 42.5 Å². The van der Waals surface area contributed by atoms with Gasteiger partial charge in [0.1, 0.15) is 6.73 Å². The number of aromatic nitrogens is 2. The highest BCUT2D eigenvalue weighted by Crippen LogP contribution is 2.30. The summed E-state index contributed by atoms with van der Waals surface area (Å²) in [5, 5.41) is 8.58. The fraction of sp³-hybridized carbons (Fsp3) is 0.440. The Bertz CT molecular complexity index is 1050. The number of hydrogen-bond donors (Lipinski definition) is 1. The van der Waals surface area contributed by atoms with E-state index in [9.17, 15) is 4.79 Å². The van der Waals surface area contributed by atoms with Crippen LogP contribution in [0.1, 0.15) is 19.8 Å². The second-order valence-corrected chi connectivity index (χ2v) is 15.3. The molecule has 1 N–H and O–H groups in total. The van der Waals surface area contributed by atoms with Gasteiger partial charge >= 0.3 is 0 Å². The first kappa shape index (κ1) is 24.0. The largest absolute Gasteiger partial charge is 0.378 e. The molecule has 0 radical (unpaired) electrons. The van der Waals surface area contributed by atoms with E-state index >= 15 is 0 Å². The number of carbonyl (C=O) groups is 1. The number of benzene rings is 2. The summed E-state index contributed by atoms with van der Waals surface area (Å²) in [6.45, 7) is 10.1. The molecule has 172 valence electrons. The third-order valence-electron chi connectivity index (χ3n) is 5.41. The number of ether oxygens (including phenoxy) is 1. The van der Waals surface area contributed by atoms with Crippen LogP contribution >= 0.6 is 0 Å². The second-order valence-electron chi connectivity index (χ2n) is 9.67. The van der Waals surface area contributed by atoms with Gasteiger partial charge in [0.2, 0.25) is 5.91 Å². The molecule has 2 aromatic carbocycles. The molecular weight excluding hydrogens is 416 g/mol. The molecule has 0 aliphatic heterocycles. The summed E-state index contributed by atoms with van der Waals surface area (Å²) in [6, 6.07) is 15.9. The third kappa shape index (κ3) is 6.20. The van der Waals surface area contributed by atoms with Crippen LogP contribution in [0.25, 0.3) is 22.0 Å². The van der Waals surface area contributed by atoms with Crippen LogP contribution in [0.2, 0.25) is 25.7 Å². The monoisotopic (exact) mass is 452 g/mol. The van der Waals surface area contributed by atoms with Crippen molar-refractivity contribution in [1.82, 2.24) is 9.78 Å². The maximum atomic E-state index is 12.2. The van der Waals surface area contributed by atoms with E-state index in [1.807, 2.05) is 31.8 Å². The van der Waals surface area contributed by atoms with Crippen molar-refractivity contribution in [2.75, 3.05) is 30.9 Å². The van der Waals surface area contributed by atoms with Gasteiger partial charge in [0, 0.05) is 46.3 Å². The third-order valence-corrected chi connectivity index (χ3v) is 7.12. The van der Waals surface area contributed by atoms with Crippen LogP contribution in [0.15, 0.2) is 42.5 Å². The molecule has 0 unspecified atom stereocenters. The lowest BCUT2D eigenvalue weighted by atomic mass is 10.0. The fourth-order valence-electron chi connectivity index (χ4n) is 3.45. The molecule has 3 aromatic rings. The first-order chi connectivity index (χ1) is 15.2. The Morgan fingerprint density at radius 2 is 1.78 bits per heavy atom. The summed E-state index contributed by atoms with van der Waals surface area (Å²) >= 11 is 0. The zero-order valence-corrected chi connectivity index (χ0v) is 21.2. The Morgan fingerprint density at radius 1 is 1.09 bits per heavy atom. The van der Waals surface area contributed by atoms with Gasteiger partial charge in [0.15, 0.2) is 5.82 Å². The van der Waals surface area contributed by atoms with Crippen molar-refractivity contribution >= 4 is 36.4 Å². The van der Waals surface area contributed by atoms with Crippen LogP contribution < -0.4 is 10.2 Å². The predicted molar refractivity (Wildman–Crippen MR) is 137 cm³/mol. The number of fused-ring (bicyclic) bond motifs is 1. The molecule has 1 aromatic heterocycles. The van der Waals surface area contributed by atoms with Crippen molar-refractivity contribution in [2.45, 2.75) is 52.2 Å². The Balaban J connectivity index is 1.91. The fourth-order valence-corrected chi connectivity index (χ4v) is 4.20. The summed E-state index contributed by atoms with van der Waals surface area (Å²) in [5.74, 6) is 0.587. The maximum Gasteiger partial charge on any atom is 0.225 e. The molecule has 1 heterocycles. The van der Waals surface area contributed by atoms with Crippen molar-refractivity contribution in [3.63, 3.8) is 0 Å². The van der Waals surface area contributed by atoms with E-state index < -0.39 is 8.07 Å². The SMILES string of the molecule is CCCC(=O)Nc1nn(COCC[Si](C)(C)C)c2cc(-c3ccc(N(C)C)cc3)ccc12. The van der Waals surface area contributed by atoms with E-state index in [1.165, 1.54) is 0 Å². The minimum Gasteiger partial charge on any atom is -0.378 e. The molecule has 0 aliphatic rings. The molecule has 3 rings (SSSR count). The second kappa shape index (κ2) is 10.3. The topological polar surface area (TPSA) is 59.4 Å². The molecule has 0 spiro atoms. The summed E-state index contributed by atoms with van der Waals surface area (Å²) in [6.07, 6.45) is 1.29. The highest BCUT2D eigenvalue weighted by Gasteiger charge is 2.16. The average molecular weight is 453 g/mol. The number of carbonyl (C=O) groups excluding carboxylic acids is 1. The number of nitrogens with zero attached hydrogens (tertiary/aromatic N) is 3. The minimum absolute atomic E-state index is 0.0120. The van der Waals surface area contributed by atoms with Crippen LogP contribution in [-0.4, -0.2) is 44.5 Å². The lowest BCUT2D eigenvalue weighted by Crippen LogP contribution is -2.22. The van der Waals surface area contributed by atoms with Crippen LogP contribution in [0.4, 0.5) is 11.5 Å². The summed E-state index contributed by atoms with van der Waals surface area (Å²) in [4.78, 5) is 14.3. The van der Waals surface area contributed by atoms with Gasteiger partial charge in [-0.1, -0.05) is 44.8 Å². The summed E-state index contributed by atoms with van der Waals surface area (Å²) in [5.41, 5.74) is 4.37. The minimum atomic E-state index is -1.16. The van der Waals surface area contributed by atoms with Crippen LogP contribution in [-0.2, 0) is 16.3 Å². The van der Waals surface area contributed by atoms with Gasteiger partial charge in [-0.25, -0.2) is 4.68 Å². The maximum absolute atomic E-state index is 12.2. The molecule has 0 saturated heterocycles. The van der Waals surface area contributed by atoms with Crippen molar-refractivity contribution in [2.24, 2.45) is 0 Å². The number of rotatable bonds is 10. The molecular formula is C25H36N4O2Si. The van der Waals surface area contributed by atoms with Gasteiger partial charge in [0.05, 0.1) is 5.52 Å². The predicted octanol–water partition coefficient (Wildman–Crippen LogP) is 5.82. The van der Waals surface area contributed by atoms with Crippen molar-refractivity contribution in [1.29, 1.82) is 0 Å². The molecule has 0 atom stereocenters. The Kier molecular flexibility index (Phi) is 7.74. The molecule has 6 nitrogen and oxygen atoms in total. The lowest BCUT2D eigenvalue weighted by Gasteiger charge is -2.15. The van der Waals surface area contributed by atoms with E-state index in [-0.39, 0.29) is 5.91 Å².